The maximum absolute atomic E-state index is 2.85. The fourth-order valence-electron chi connectivity index (χ4n) is 3.53. The van der Waals surface area contributed by atoms with Crippen molar-refractivity contribution in [1.29, 1.82) is 0 Å². The van der Waals surface area contributed by atoms with Crippen molar-refractivity contribution in [3.63, 3.8) is 0 Å². The van der Waals surface area contributed by atoms with Crippen molar-refractivity contribution in [1.82, 2.24) is 9.80 Å². The largest absolute Gasteiger partial charge is 0.265 e. The third-order valence-corrected chi connectivity index (χ3v) is 12.9. The van der Waals surface area contributed by atoms with Crippen LogP contribution in [0.3, 0.4) is 0 Å². The van der Waals surface area contributed by atoms with E-state index in [-0.39, 0.29) is 0 Å². The molecule has 0 rings (SSSR count). The van der Waals surface area contributed by atoms with Crippen LogP contribution in [0.25, 0.3) is 0 Å². The van der Waals surface area contributed by atoms with Crippen LogP contribution in [0.15, 0.2) is 0 Å². The van der Waals surface area contributed by atoms with Crippen molar-refractivity contribution >= 4 is 41.4 Å². The zero-order chi connectivity index (χ0) is 23.5. The van der Waals surface area contributed by atoms with Crippen molar-refractivity contribution in [3.05, 3.63) is 0 Å². The Morgan fingerprint density at radius 2 is 0.968 bits per heavy atom. The SMILES string of the molecule is CCCCN(CCCC)C(SC(N(CC)CC)=S(CC)CC)=S(CCCC)CCCC. The number of hydrogen-bond donors (Lipinski definition) is 0. The lowest BCUT2D eigenvalue weighted by atomic mass is 10.3. The average Bonchev–Trinajstić information content (AvgIpc) is 2.79. The van der Waals surface area contributed by atoms with E-state index in [9.17, 15) is 0 Å². The van der Waals surface area contributed by atoms with Crippen LogP contribution in [-0.2, 0) is 0 Å². The van der Waals surface area contributed by atoms with Crippen LogP contribution in [0.1, 0.15) is 107 Å². The maximum atomic E-state index is 2.85. The monoisotopic (exact) mass is 492 g/mol. The number of rotatable bonds is 16. The van der Waals surface area contributed by atoms with Gasteiger partial charge in [0.15, 0.2) is 0 Å². The molecule has 0 bridgehead atoms. The van der Waals surface area contributed by atoms with Gasteiger partial charge in [-0.05, 0) is 48.7 Å². The summed E-state index contributed by atoms with van der Waals surface area (Å²) in [5.41, 5.74) is 0. The van der Waals surface area contributed by atoms with Crippen molar-refractivity contribution in [2.45, 2.75) is 107 Å². The van der Waals surface area contributed by atoms with E-state index in [1.54, 1.807) is 8.64 Å². The normalized spacial score (nSPS) is 12.0. The fourth-order valence-corrected chi connectivity index (χ4v) is 11.1. The summed E-state index contributed by atoms with van der Waals surface area (Å²) in [5.74, 6) is 5.35. The molecule has 0 radical (unpaired) electrons. The molecule has 0 aromatic carbocycles. The second-order valence-electron chi connectivity index (χ2n) is 8.18. The highest BCUT2D eigenvalue weighted by molar-refractivity contribution is 8.46. The highest BCUT2D eigenvalue weighted by Gasteiger charge is 2.21. The van der Waals surface area contributed by atoms with E-state index in [1.807, 2.05) is 0 Å². The molecule has 0 aliphatic carbocycles. The number of hydrogen-bond acceptors (Lipinski definition) is 1. The molecule has 0 N–H and O–H groups in total. The number of nitrogens with zero attached hydrogens (tertiary/aromatic N) is 2. The Hall–Kier alpha value is 0.710. The minimum absolute atomic E-state index is 0.380. The summed E-state index contributed by atoms with van der Waals surface area (Å²) >= 11 is 2.23. The molecule has 0 aromatic heterocycles. The molecule has 0 amide bonds. The van der Waals surface area contributed by atoms with Gasteiger partial charge in [-0.3, -0.25) is 9.80 Å². The minimum atomic E-state index is 0.380. The predicted octanol–water partition coefficient (Wildman–Crippen LogP) is 8.32. The molecule has 188 valence electrons. The Balaban J connectivity index is 6.46. The highest BCUT2D eigenvalue weighted by atomic mass is 32.2. The lowest BCUT2D eigenvalue weighted by molar-refractivity contribution is 0.410. The van der Waals surface area contributed by atoms with Crippen LogP contribution < -0.4 is 0 Å². The third kappa shape index (κ3) is 12.7. The first-order chi connectivity index (χ1) is 15.1. The molecule has 0 aliphatic heterocycles. The zero-order valence-electron chi connectivity index (χ0n) is 22.4. The maximum Gasteiger partial charge on any atom is 0.0821 e. The van der Waals surface area contributed by atoms with Crippen molar-refractivity contribution in [2.24, 2.45) is 0 Å². The van der Waals surface area contributed by atoms with Crippen molar-refractivity contribution < 1.29 is 0 Å². The van der Waals surface area contributed by atoms with Gasteiger partial charge in [-0.15, -0.1) is 0 Å². The van der Waals surface area contributed by atoms with E-state index in [4.69, 9.17) is 0 Å². The summed E-state index contributed by atoms with van der Waals surface area (Å²) in [7, 11) is 0.782. The van der Waals surface area contributed by atoms with Gasteiger partial charge in [-0.2, -0.15) is 21.0 Å². The van der Waals surface area contributed by atoms with Gasteiger partial charge < -0.3 is 0 Å². The minimum Gasteiger partial charge on any atom is -0.265 e. The molecule has 0 saturated heterocycles. The fraction of sp³-hybridized carbons (Fsp3) is 0.923. The van der Waals surface area contributed by atoms with Gasteiger partial charge in [0, 0.05) is 26.2 Å². The summed E-state index contributed by atoms with van der Waals surface area (Å²) in [6.45, 7) is 23.7. The van der Waals surface area contributed by atoms with Gasteiger partial charge in [0.05, 0.1) is 8.64 Å². The molecule has 0 aromatic rings. The van der Waals surface area contributed by atoms with Crippen molar-refractivity contribution in [3.8, 4) is 0 Å². The molecule has 0 aliphatic rings. The van der Waals surface area contributed by atoms with Gasteiger partial charge in [0.2, 0.25) is 0 Å². The third-order valence-electron chi connectivity index (χ3n) is 5.70. The summed E-state index contributed by atoms with van der Waals surface area (Å²) in [5, 5.41) is 0. The van der Waals surface area contributed by atoms with Gasteiger partial charge in [0.25, 0.3) is 0 Å². The van der Waals surface area contributed by atoms with Gasteiger partial charge in [0.1, 0.15) is 0 Å². The Morgan fingerprint density at radius 3 is 1.32 bits per heavy atom. The highest BCUT2D eigenvalue weighted by Crippen LogP contribution is 2.33. The average molecular weight is 493 g/mol. The molecule has 0 heterocycles. The molecule has 31 heavy (non-hydrogen) atoms. The topological polar surface area (TPSA) is 6.48 Å². The summed E-state index contributed by atoms with van der Waals surface area (Å²) in [6.07, 6.45) is 10.6. The smallest absolute Gasteiger partial charge is 0.0821 e. The standard InChI is InChI=1S/C26H56N2S3/c1-9-17-21-28(22-18-10-2)26(31(23-19-11-3)24-20-12-4)29-25(27(13-5)14-6)30(15-7)16-8/h9-24H2,1-8H3. The van der Waals surface area contributed by atoms with Gasteiger partial charge >= 0.3 is 0 Å². The second kappa shape index (κ2) is 21.3. The molecule has 0 spiro atoms. The lowest BCUT2D eigenvalue weighted by Crippen LogP contribution is -2.36. The predicted molar refractivity (Wildman–Crippen MR) is 158 cm³/mol. The van der Waals surface area contributed by atoms with Crippen LogP contribution >= 0.6 is 32.7 Å². The molecule has 0 fully saturated rings. The molecular weight excluding hydrogens is 437 g/mol. The summed E-state index contributed by atoms with van der Waals surface area (Å²) in [6, 6.07) is 0. The molecule has 0 saturated carbocycles. The number of thioether (sulfide) groups is 1. The second-order valence-corrected chi connectivity index (χ2v) is 14.4. The number of unbranched alkanes of at least 4 members (excludes halogenated alkanes) is 4. The van der Waals surface area contributed by atoms with Crippen LogP contribution in [0, 0.1) is 0 Å². The van der Waals surface area contributed by atoms with Gasteiger partial charge in [-0.25, -0.2) is 0 Å². The lowest BCUT2D eigenvalue weighted by Gasteiger charge is -2.32. The van der Waals surface area contributed by atoms with Crippen LogP contribution in [0.4, 0.5) is 0 Å². The molecule has 2 nitrogen and oxygen atoms in total. The molecular formula is C26H56N2S3. The molecule has 0 unspecified atom stereocenters. The Kier molecular flexibility index (Phi) is 21.7. The first-order valence-corrected chi connectivity index (χ1v) is 17.3. The van der Waals surface area contributed by atoms with E-state index >= 15 is 0 Å². The van der Waals surface area contributed by atoms with Crippen molar-refractivity contribution in [2.75, 3.05) is 49.2 Å². The first kappa shape index (κ1) is 31.7. The first-order valence-electron chi connectivity index (χ1n) is 13.3. The molecule has 5 heteroatoms. The van der Waals surface area contributed by atoms with E-state index < -0.39 is 0 Å². The Morgan fingerprint density at radius 1 is 0.548 bits per heavy atom. The Bertz CT molecular complexity index is 475. The molecule has 0 atom stereocenters. The van der Waals surface area contributed by atoms with Crippen LogP contribution in [0.5, 0.6) is 0 Å². The van der Waals surface area contributed by atoms with E-state index in [2.05, 4.69) is 77.0 Å². The zero-order valence-corrected chi connectivity index (χ0v) is 24.9. The Labute approximate surface area is 206 Å². The van der Waals surface area contributed by atoms with Crippen LogP contribution in [0.2, 0.25) is 0 Å². The van der Waals surface area contributed by atoms with Gasteiger partial charge in [-0.1, -0.05) is 92.8 Å². The van der Waals surface area contributed by atoms with E-state index in [1.165, 1.54) is 87.5 Å². The van der Waals surface area contributed by atoms with E-state index in [0.29, 0.717) is 21.0 Å². The summed E-state index contributed by atoms with van der Waals surface area (Å²) < 4.78 is 3.44. The van der Waals surface area contributed by atoms with Crippen LogP contribution in [-0.4, -0.2) is 67.6 Å². The summed E-state index contributed by atoms with van der Waals surface area (Å²) in [4.78, 5) is 5.53. The quantitative estimate of drug-likeness (QED) is 0.200. The van der Waals surface area contributed by atoms with E-state index in [0.717, 1.165) is 13.1 Å².